The van der Waals surface area contributed by atoms with Gasteiger partial charge in [0.2, 0.25) is 0 Å². The molecular weight excluding hydrogens is 248 g/mol. The first kappa shape index (κ1) is 17.3. The lowest BCUT2D eigenvalue weighted by Crippen LogP contribution is -2.33. The molecule has 0 fully saturated rings. The molecule has 0 heterocycles. The summed E-state index contributed by atoms with van der Waals surface area (Å²) in [4.78, 5) is 11.6. The average molecular weight is 272 g/mol. The smallest absolute Gasteiger partial charge is 0.329 e. The van der Waals surface area contributed by atoms with Gasteiger partial charge >= 0.3 is 5.97 Å². The number of rotatable bonds is 9. The van der Waals surface area contributed by atoms with Crippen LogP contribution in [0.2, 0.25) is 0 Å². The zero-order valence-electron chi connectivity index (χ0n) is 12.0. The normalized spacial score (nSPS) is 11.3. The van der Waals surface area contributed by atoms with Crippen LogP contribution in [0.15, 0.2) is 11.8 Å². The summed E-state index contributed by atoms with van der Waals surface area (Å²) in [6, 6.07) is 0. The Morgan fingerprint density at radius 2 is 1.67 bits per heavy atom. The standard InChI is InChI=1S/C13H24O4Si/c1-7-8-15-12(14)11(6)18-13(16-9(2)3)17-10(4)5/h9-10,13H,6-8H2,1-5H3. The van der Waals surface area contributed by atoms with Gasteiger partial charge in [0.1, 0.15) is 5.91 Å². The molecule has 2 radical (unpaired) electrons. The van der Waals surface area contributed by atoms with E-state index in [4.69, 9.17) is 14.2 Å². The fraction of sp³-hybridized carbons (Fsp3) is 0.769. The molecule has 0 aromatic heterocycles. The van der Waals surface area contributed by atoms with Gasteiger partial charge in [-0.2, -0.15) is 0 Å². The van der Waals surface area contributed by atoms with E-state index >= 15 is 0 Å². The molecule has 0 bridgehead atoms. The minimum absolute atomic E-state index is 0.0423. The summed E-state index contributed by atoms with van der Waals surface area (Å²) in [6.45, 7) is 13.8. The van der Waals surface area contributed by atoms with Crippen LogP contribution < -0.4 is 0 Å². The second-order valence-corrected chi connectivity index (χ2v) is 5.82. The molecule has 0 N–H and O–H groups in total. The van der Waals surface area contributed by atoms with E-state index in [2.05, 4.69) is 6.58 Å². The van der Waals surface area contributed by atoms with Crippen LogP contribution in [0.3, 0.4) is 0 Å². The molecule has 104 valence electrons. The highest BCUT2D eigenvalue weighted by molar-refractivity contribution is 6.53. The molecule has 0 aromatic carbocycles. The van der Waals surface area contributed by atoms with Gasteiger partial charge in [0, 0.05) is 5.20 Å². The third kappa shape index (κ3) is 8.44. The lowest BCUT2D eigenvalue weighted by atomic mass is 10.5. The molecule has 0 amide bonds. The second kappa shape index (κ2) is 9.30. The van der Waals surface area contributed by atoms with Crippen molar-refractivity contribution in [3.8, 4) is 0 Å². The molecule has 0 rings (SSSR count). The summed E-state index contributed by atoms with van der Waals surface area (Å²) in [5.41, 5.74) is 0. The molecule has 4 nitrogen and oxygen atoms in total. The summed E-state index contributed by atoms with van der Waals surface area (Å²) in [5.74, 6) is -0.786. The molecule has 0 atom stereocenters. The van der Waals surface area contributed by atoms with Gasteiger partial charge in [-0.15, -0.1) is 0 Å². The minimum atomic E-state index is -0.424. The van der Waals surface area contributed by atoms with Crippen molar-refractivity contribution in [3.63, 3.8) is 0 Å². The van der Waals surface area contributed by atoms with Gasteiger partial charge in [-0.1, -0.05) is 13.5 Å². The maximum atomic E-state index is 11.6. The maximum absolute atomic E-state index is 11.6. The Morgan fingerprint density at radius 1 is 1.17 bits per heavy atom. The van der Waals surface area contributed by atoms with Crippen molar-refractivity contribution in [2.45, 2.75) is 59.2 Å². The highest BCUT2D eigenvalue weighted by Crippen LogP contribution is 2.07. The van der Waals surface area contributed by atoms with Gasteiger partial charge in [-0.05, 0) is 34.1 Å². The highest BCUT2D eigenvalue weighted by Gasteiger charge is 2.20. The molecule has 0 aromatic rings. The van der Waals surface area contributed by atoms with Crippen molar-refractivity contribution < 1.29 is 19.0 Å². The Labute approximate surface area is 113 Å². The predicted octanol–water partition coefficient (Wildman–Crippen LogP) is 2.29. The van der Waals surface area contributed by atoms with Crippen molar-refractivity contribution in [2.24, 2.45) is 0 Å². The molecule has 18 heavy (non-hydrogen) atoms. The number of carbonyl (C=O) groups excluding carboxylic acids is 1. The Kier molecular flexibility index (Phi) is 8.96. The molecule has 0 saturated heterocycles. The molecule has 0 unspecified atom stereocenters. The third-order valence-electron chi connectivity index (χ3n) is 1.77. The van der Waals surface area contributed by atoms with E-state index < -0.39 is 5.91 Å². The molecular formula is C13H24O4Si. The SMILES string of the molecule is C=C([Si]C(OC(C)C)OC(C)C)C(=O)OCCC. The van der Waals surface area contributed by atoms with E-state index in [1.54, 1.807) is 0 Å². The van der Waals surface area contributed by atoms with E-state index in [0.717, 1.165) is 6.42 Å². The van der Waals surface area contributed by atoms with Crippen molar-refractivity contribution in [1.82, 2.24) is 0 Å². The first-order chi connectivity index (χ1) is 8.36. The number of hydrogen-bond acceptors (Lipinski definition) is 4. The Bertz CT molecular complexity index is 254. The van der Waals surface area contributed by atoms with Crippen LogP contribution in [0.25, 0.3) is 0 Å². The second-order valence-electron chi connectivity index (χ2n) is 4.46. The fourth-order valence-electron chi connectivity index (χ4n) is 1.08. The van der Waals surface area contributed by atoms with Gasteiger partial charge in [0.15, 0.2) is 9.52 Å². The minimum Gasteiger partial charge on any atom is -0.463 e. The first-order valence-electron chi connectivity index (χ1n) is 6.30. The van der Waals surface area contributed by atoms with Crippen LogP contribution in [-0.2, 0) is 19.0 Å². The first-order valence-corrected chi connectivity index (χ1v) is 7.38. The molecule has 0 saturated carbocycles. The number of esters is 1. The number of hydrogen-bond donors (Lipinski definition) is 0. The van der Waals surface area contributed by atoms with Crippen LogP contribution in [-0.4, -0.2) is 40.2 Å². The van der Waals surface area contributed by atoms with Gasteiger partial charge in [0.05, 0.1) is 18.8 Å². The third-order valence-corrected chi connectivity index (χ3v) is 2.83. The van der Waals surface area contributed by atoms with E-state index in [1.165, 1.54) is 0 Å². The van der Waals surface area contributed by atoms with Crippen LogP contribution in [0.5, 0.6) is 0 Å². The van der Waals surface area contributed by atoms with Crippen molar-refractivity contribution >= 4 is 15.5 Å². The molecule has 0 aliphatic rings. The predicted molar refractivity (Wildman–Crippen MR) is 72.4 cm³/mol. The zero-order chi connectivity index (χ0) is 14.1. The Balaban J connectivity index is 4.28. The fourth-order valence-corrected chi connectivity index (χ4v) is 2.23. The zero-order valence-corrected chi connectivity index (χ0v) is 13.0. The van der Waals surface area contributed by atoms with Crippen LogP contribution >= 0.6 is 0 Å². The quantitative estimate of drug-likeness (QED) is 0.280. The van der Waals surface area contributed by atoms with Gasteiger partial charge in [-0.3, -0.25) is 0 Å². The van der Waals surface area contributed by atoms with E-state index in [9.17, 15) is 4.79 Å². The van der Waals surface area contributed by atoms with Crippen molar-refractivity contribution in [1.29, 1.82) is 0 Å². The van der Waals surface area contributed by atoms with Gasteiger partial charge in [0.25, 0.3) is 0 Å². The molecule has 0 aliphatic carbocycles. The van der Waals surface area contributed by atoms with E-state index in [0.29, 0.717) is 11.8 Å². The highest BCUT2D eigenvalue weighted by atomic mass is 28.2. The van der Waals surface area contributed by atoms with Gasteiger partial charge in [-0.25, -0.2) is 4.79 Å². The summed E-state index contributed by atoms with van der Waals surface area (Å²) in [5, 5.41) is 0.412. The van der Waals surface area contributed by atoms with Crippen LogP contribution in [0, 0.1) is 0 Å². The average Bonchev–Trinajstić information content (AvgIpc) is 2.23. The summed E-state index contributed by atoms with van der Waals surface area (Å²) in [7, 11) is 0.0608. The van der Waals surface area contributed by atoms with Crippen molar-refractivity contribution in [3.05, 3.63) is 11.8 Å². The maximum Gasteiger partial charge on any atom is 0.329 e. The van der Waals surface area contributed by atoms with Crippen LogP contribution in [0.4, 0.5) is 0 Å². The molecule has 5 heteroatoms. The lowest BCUT2D eigenvalue weighted by Gasteiger charge is -2.22. The largest absolute Gasteiger partial charge is 0.463 e. The van der Waals surface area contributed by atoms with E-state index in [1.807, 2.05) is 34.6 Å². The monoisotopic (exact) mass is 272 g/mol. The summed E-state index contributed by atoms with van der Waals surface area (Å²) < 4.78 is 16.2. The summed E-state index contributed by atoms with van der Waals surface area (Å²) in [6.07, 6.45) is 0.887. The number of carbonyl (C=O) groups is 1. The molecule has 0 aliphatic heterocycles. The summed E-state index contributed by atoms with van der Waals surface area (Å²) >= 11 is 0. The number of ether oxygens (including phenoxy) is 3. The van der Waals surface area contributed by atoms with Crippen molar-refractivity contribution in [2.75, 3.05) is 6.61 Å². The lowest BCUT2D eigenvalue weighted by molar-refractivity contribution is -0.140. The molecule has 0 spiro atoms. The topological polar surface area (TPSA) is 44.8 Å². The Hall–Kier alpha value is -0.653. The Morgan fingerprint density at radius 3 is 2.06 bits per heavy atom. The van der Waals surface area contributed by atoms with Crippen LogP contribution in [0.1, 0.15) is 41.0 Å². The van der Waals surface area contributed by atoms with Gasteiger partial charge < -0.3 is 14.2 Å². The van der Waals surface area contributed by atoms with E-state index in [-0.39, 0.29) is 27.7 Å².